The van der Waals surface area contributed by atoms with Crippen LogP contribution in [0.3, 0.4) is 0 Å². The average molecular weight is 525 g/mol. The number of hydrogen-bond acceptors (Lipinski definition) is 5. The number of amides is 2. The van der Waals surface area contributed by atoms with Crippen molar-refractivity contribution in [2.45, 2.75) is 39.4 Å². The Hall–Kier alpha value is -4.59. The first-order valence-corrected chi connectivity index (χ1v) is 12.8. The third-order valence-electron chi connectivity index (χ3n) is 7.41. The molecule has 200 valence electrons. The Morgan fingerprint density at radius 1 is 0.974 bits per heavy atom. The van der Waals surface area contributed by atoms with E-state index in [1.54, 1.807) is 36.8 Å². The molecule has 2 heterocycles. The van der Waals surface area contributed by atoms with Gasteiger partial charge in [0.05, 0.1) is 26.5 Å². The van der Waals surface area contributed by atoms with E-state index in [0.717, 1.165) is 28.0 Å². The van der Waals surface area contributed by atoms with Gasteiger partial charge in [-0.25, -0.2) is 0 Å². The molecular formula is C31H32N4O4. The fourth-order valence-electron chi connectivity index (χ4n) is 4.97. The quantitative estimate of drug-likeness (QED) is 0.371. The molecule has 3 aromatic carbocycles. The molecule has 39 heavy (non-hydrogen) atoms. The van der Waals surface area contributed by atoms with Crippen LogP contribution in [-0.2, 0) is 17.9 Å². The molecule has 0 radical (unpaired) electrons. The molecule has 0 fully saturated rings. The molecule has 5 rings (SSSR count). The molecule has 1 unspecified atom stereocenters. The van der Waals surface area contributed by atoms with Crippen molar-refractivity contribution in [2.75, 3.05) is 19.1 Å². The van der Waals surface area contributed by atoms with Gasteiger partial charge >= 0.3 is 0 Å². The van der Waals surface area contributed by atoms with Gasteiger partial charge in [0, 0.05) is 23.4 Å². The molecule has 4 aromatic rings. The monoisotopic (exact) mass is 524 g/mol. The van der Waals surface area contributed by atoms with Crippen LogP contribution in [0.1, 0.15) is 34.1 Å². The number of carbonyl (C=O) groups is 2. The fraction of sp³-hybridized carbons (Fsp3) is 0.258. The lowest BCUT2D eigenvalue weighted by Crippen LogP contribution is -2.64. The van der Waals surface area contributed by atoms with Crippen LogP contribution in [0.4, 0.5) is 5.69 Å². The summed E-state index contributed by atoms with van der Waals surface area (Å²) in [7, 11) is 3.22. The van der Waals surface area contributed by atoms with Crippen molar-refractivity contribution in [1.29, 1.82) is 0 Å². The number of benzene rings is 3. The van der Waals surface area contributed by atoms with Gasteiger partial charge in [-0.1, -0.05) is 24.3 Å². The highest BCUT2D eigenvalue weighted by molar-refractivity contribution is 6.12. The lowest BCUT2D eigenvalue weighted by Gasteiger charge is -2.43. The summed E-state index contributed by atoms with van der Waals surface area (Å²) >= 11 is 0. The summed E-state index contributed by atoms with van der Waals surface area (Å²) in [6.45, 7) is 6.26. The summed E-state index contributed by atoms with van der Waals surface area (Å²) in [5.74, 6) is 0.852. The molecule has 1 N–H and O–H groups in total. The van der Waals surface area contributed by atoms with Gasteiger partial charge in [-0.15, -0.1) is 0 Å². The summed E-state index contributed by atoms with van der Waals surface area (Å²) in [5.41, 5.74) is 4.35. The van der Waals surface area contributed by atoms with Crippen LogP contribution in [0.15, 0.2) is 72.8 Å². The largest absolute Gasteiger partial charge is 0.497 e. The zero-order valence-corrected chi connectivity index (χ0v) is 22.8. The topological polar surface area (TPSA) is 85.7 Å². The molecule has 0 bridgehead atoms. The van der Waals surface area contributed by atoms with Crippen molar-refractivity contribution in [3.05, 3.63) is 95.2 Å². The van der Waals surface area contributed by atoms with Crippen LogP contribution in [0.2, 0.25) is 0 Å². The third-order valence-corrected chi connectivity index (χ3v) is 7.41. The second-order valence-corrected chi connectivity index (χ2v) is 9.98. The second kappa shape index (κ2) is 10.3. The van der Waals surface area contributed by atoms with E-state index in [4.69, 9.17) is 14.6 Å². The standard InChI is InChI=1S/C31H32N4O4/c1-20-10-13-24(16-21(20)2)35-29(36)27-17-26(22-11-14-25(38-4)15-12-22)33-34(27)19-31(35,3)30(37)32-18-23-8-6-7-9-28(23)39-5/h6-17H,18-19H2,1-5H3,(H,32,37). The lowest BCUT2D eigenvalue weighted by molar-refractivity contribution is -0.126. The molecule has 1 aliphatic rings. The molecule has 0 spiro atoms. The minimum atomic E-state index is -1.24. The van der Waals surface area contributed by atoms with Crippen LogP contribution >= 0.6 is 0 Å². The van der Waals surface area contributed by atoms with E-state index < -0.39 is 5.54 Å². The van der Waals surface area contributed by atoms with Gasteiger partial charge in [0.1, 0.15) is 22.7 Å². The number of para-hydroxylation sites is 1. The van der Waals surface area contributed by atoms with E-state index in [1.807, 2.05) is 80.6 Å². The molecule has 8 heteroatoms. The molecule has 2 amide bonds. The molecule has 1 atom stereocenters. The van der Waals surface area contributed by atoms with E-state index in [2.05, 4.69) is 5.32 Å². The highest BCUT2D eigenvalue weighted by atomic mass is 16.5. The van der Waals surface area contributed by atoms with Gasteiger partial charge in [0.15, 0.2) is 0 Å². The summed E-state index contributed by atoms with van der Waals surface area (Å²) < 4.78 is 12.4. The fourth-order valence-corrected chi connectivity index (χ4v) is 4.97. The number of ether oxygens (including phenoxy) is 2. The predicted octanol–water partition coefficient (Wildman–Crippen LogP) is 4.92. The number of anilines is 1. The van der Waals surface area contributed by atoms with Gasteiger partial charge in [-0.05, 0) is 80.4 Å². The van der Waals surface area contributed by atoms with Crippen molar-refractivity contribution in [1.82, 2.24) is 15.1 Å². The maximum atomic E-state index is 14.1. The number of rotatable bonds is 7. The number of methoxy groups -OCH3 is 2. The van der Waals surface area contributed by atoms with Gasteiger partial charge < -0.3 is 14.8 Å². The number of hydrogen-bond donors (Lipinski definition) is 1. The summed E-state index contributed by atoms with van der Waals surface area (Å²) in [6, 6.07) is 22.6. The van der Waals surface area contributed by atoms with Gasteiger partial charge in [0.25, 0.3) is 5.91 Å². The highest BCUT2D eigenvalue weighted by Crippen LogP contribution is 2.35. The van der Waals surface area contributed by atoms with Crippen molar-refractivity contribution in [2.24, 2.45) is 0 Å². The molecule has 0 aliphatic carbocycles. The van der Waals surface area contributed by atoms with E-state index >= 15 is 0 Å². The first-order valence-electron chi connectivity index (χ1n) is 12.8. The van der Waals surface area contributed by atoms with E-state index in [1.165, 1.54) is 0 Å². The maximum Gasteiger partial charge on any atom is 0.277 e. The van der Waals surface area contributed by atoms with Crippen LogP contribution in [0.5, 0.6) is 11.5 Å². The predicted molar refractivity (Wildman–Crippen MR) is 150 cm³/mol. The number of aromatic nitrogens is 2. The number of carbonyl (C=O) groups excluding carboxylic acids is 2. The van der Waals surface area contributed by atoms with E-state index in [-0.39, 0.29) is 24.9 Å². The Kier molecular flexibility index (Phi) is 6.87. The zero-order chi connectivity index (χ0) is 27.7. The number of nitrogens with one attached hydrogen (secondary N) is 1. The highest BCUT2D eigenvalue weighted by Gasteiger charge is 2.49. The van der Waals surface area contributed by atoms with Crippen molar-refractivity contribution < 1.29 is 19.1 Å². The molecule has 1 aliphatic heterocycles. The number of fused-ring (bicyclic) bond motifs is 1. The lowest BCUT2D eigenvalue weighted by atomic mass is 9.93. The van der Waals surface area contributed by atoms with E-state index in [0.29, 0.717) is 22.8 Å². The normalized spacial score (nSPS) is 16.5. The van der Waals surface area contributed by atoms with Crippen molar-refractivity contribution >= 4 is 17.5 Å². The van der Waals surface area contributed by atoms with Crippen LogP contribution < -0.4 is 19.7 Å². The van der Waals surface area contributed by atoms with Crippen LogP contribution in [0.25, 0.3) is 11.3 Å². The SMILES string of the molecule is COc1ccc(-c2cc3n(n2)CC(C)(C(=O)NCc2ccccc2OC)N(c2ccc(C)c(C)c2)C3=O)cc1. The summed E-state index contributed by atoms with van der Waals surface area (Å²) in [5, 5.41) is 7.78. The Morgan fingerprint density at radius 3 is 2.41 bits per heavy atom. The maximum absolute atomic E-state index is 14.1. The average Bonchev–Trinajstić information content (AvgIpc) is 3.37. The third kappa shape index (κ3) is 4.74. The van der Waals surface area contributed by atoms with Crippen LogP contribution in [0, 0.1) is 13.8 Å². The Labute approximate surface area is 228 Å². The van der Waals surface area contributed by atoms with Gasteiger partial charge in [-0.2, -0.15) is 5.10 Å². The summed E-state index contributed by atoms with van der Waals surface area (Å²) in [6.07, 6.45) is 0. The van der Waals surface area contributed by atoms with Crippen molar-refractivity contribution in [3.63, 3.8) is 0 Å². The van der Waals surface area contributed by atoms with Crippen LogP contribution in [-0.4, -0.2) is 41.4 Å². The van der Waals surface area contributed by atoms with Gasteiger partial charge in [-0.3, -0.25) is 19.2 Å². The minimum absolute atomic E-state index is 0.189. The number of nitrogens with zero attached hydrogens (tertiary/aromatic N) is 3. The Bertz CT molecular complexity index is 1540. The Balaban J connectivity index is 1.54. The van der Waals surface area contributed by atoms with E-state index in [9.17, 15) is 9.59 Å². The van der Waals surface area contributed by atoms with Crippen molar-refractivity contribution in [3.8, 4) is 22.8 Å². The second-order valence-electron chi connectivity index (χ2n) is 9.98. The smallest absolute Gasteiger partial charge is 0.277 e. The molecule has 8 nitrogen and oxygen atoms in total. The molecule has 0 saturated carbocycles. The first kappa shape index (κ1) is 26.0. The molecule has 0 saturated heterocycles. The Morgan fingerprint density at radius 2 is 1.72 bits per heavy atom. The first-order chi connectivity index (χ1) is 18.7. The molecule has 1 aromatic heterocycles. The summed E-state index contributed by atoms with van der Waals surface area (Å²) in [4.78, 5) is 29.6. The molecular weight excluding hydrogens is 492 g/mol. The number of aryl methyl sites for hydroxylation is 2. The zero-order valence-electron chi connectivity index (χ0n) is 22.8. The minimum Gasteiger partial charge on any atom is -0.497 e. The van der Waals surface area contributed by atoms with Gasteiger partial charge in [0.2, 0.25) is 5.91 Å².